The minimum atomic E-state index is -4.60. The highest BCUT2D eigenvalue weighted by atomic mass is 19.4. The van der Waals surface area contributed by atoms with Crippen LogP contribution >= 0.6 is 0 Å². The Morgan fingerprint density at radius 3 is 2.44 bits per heavy atom. The van der Waals surface area contributed by atoms with Gasteiger partial charge < -0.3 is 14.7 Å². The van der Waals surface area contributed by atoms with Crippen molar-refractivity contribution in [1.29, 1.82) is 0 Å². The summed E-state index contributed by atoms with van der Waals surface area (Å²) >= 11 is 0. The van der Waals surface area contributed by atoms with Crippen LogP contribution < -0.4 is 0 Å². The first-order valence-corrected chi connectivity index (χ1v) is 13.7. The van der Waals surface area contributed by atoms with E-state index < -0.39 is 35.3 Å². The third-order valence-electron chi connectivity index (χ3n) is 7.55. The molecule has 43 heavy (non-hydrogen) atoms. The molecule has 0 fully saturated rings. The molecular formula is C33H30F3N3O4. The molecule has 1 aliphatic rings. The highest BCUT2D eigenvalue weighted by molar-refractivity contribution is 6.04. The normalized spacial score (nSPS) is 15.2. The summed E-state index contributed by atoms with van der Waals surface area (Å²) < 4.78 is 44.9. The van der Waals surface area contributed by atoms with Gasteiger partial charge in [-0.15, -0.1) is 0 Å². The smallest absolute Gasteiger partial charge is 0.448 e. The first-order valence-electron chi connectivity index (χ1n) is 13.7. The van der Waals surface area contributed by atoms with Crippen LogP contribution in [0.3, 0.4) is 0 Å². The summed E-state index contributed by atoms with van der Waals surface area (Å²) in [7, 11) is 0. The third kappa shape index (κ3) is 6.38. The summed E-state index contributed by atoms with van der Waals surface area (Å²) in [6.45, 7) is 5.10. The predicted molar refractivity (Wildman–Crippen MR) is 155 cm³/mol. The summed E-state index contributed by atoms with van der Waals surface area (Å²) in [6, 6.07) is 19.8. The highest BCUT2D eigenvalue weighted by Gasteiger charge is 2.40. The zero-order valence-corrected chi connectivity index (χ0v) is 23.9. The molecule has 0 saturated carbocycles. The van der Waals surface area contributed by atoms with Crippen LogP contribution in [-0.4, -0.2) is 50.7 Å². The maximum Gasteiger partial charge on any atom is 0.448 e. The minimum absolute atomic E-state index is 0.0228. The van der Waals surface area contributed by atoms with Gasteiger partial charge in [-0.05, 0) is 67.3 Å². The Labute approximate surface area is 246 Å². The maximum absolute atomic E-state index is 14.0. The van der Waals surface area contributed by atoms with Crippen LogP contribution in [0, 0.1) is 6.92 Å². The molecule has 1 N–H and O–H groups in total. The van der Waals surface area contributed by atoms with Gasteiger partial charge in [-0.2, -0.15) is 13.2 Å². The monoisotopic (exact) mass is 589 g/mol. The lowest BCUT2D eigenvalue weighted by molar-refractivity contribution is -0.142. The summed E-state index contributed by atoms with van der Waals surface area (Å²) in [5.41, 5.74) is 3.90. The first-order chi connectivity index (χ1) is 20.3. The van der Waals surface area contributed by atoms with Crippen LogP contribution in [0.4, 0.5) is 13.2 Å². The van der Waals surface area contributed by atoms with Crippen molar-refractivity contribution in [1.82, 2.24) is 14.9 Å². The van der Waals surface area contributed by atoms with Crippen LogP contribution in [0.2, 0.25) is 0 Å². The van der Waals surface area contributed by atoms with Crippen molar-refractivity contribution < 1.29 is 32.6 Å². The van der Waals surface area contributed by atoms with Gasteiger partial charge in [0.05, 0.1) is 23.0 Å². The highest BCUT2D eigenvalue weighted by Crippen LogP contribution is 2.34. The number of carboxylic acid groups (broad SMARTS) is 1. The number of halogens is 3. The van der Waals surface area contributed by atoms with E-state index in [1.807, 2.05) is 42.5 Å². The number of hydrogen-bond acceptors (Lipinski definition) is 5. The number of aliphatic carboxylic acids is 1. The van der Waals surface area contributed by atoms with E-state index in [2.05, 4.69) is 9.97 Å². The van der Waals surface area contributed by atoms with Crippen molar-refractivity contribution in [2.45, 2.75) is 51.4 Å². The number of alkyl halides is 3. The maximum atomic E-state index is 14.0. The number of rotatable bonds is 8. The van der Waals surface area contributed by atoms with Crippen molar-refractivity contribution in [3.63, 3.8) is 0 Å². The molecule has 2 aromatic heterocycles. The van der Waals surface area contributed by atoms with Gasteiger partial charge in [0.1, 0.15) is 11.6 Å². The first kappa shape index (κ1) is 29.8. The number of fused-ring (bicyclic) bond motifs is 1. The van der Waals surface area contributed by atoms with E-state index in [-0.39, 0.29) is 19.5 Å². The molecule has 1 amide bonds. The zero-order chi connectivity index (χ0) is 30.9. The van der Waals surface area contributed by atoms with Gasteiger partial charge in [-0.25, -0.2) is 0 Å². The Morgan fingerprint density at radius 2 is 1.77 bits per heavy atom. The van der Waals surface area contributed by atoms with E-state index in [9.17, 15) is 27.9 Å². The number of aromatic nitrogens is 2. The Kier molecular flexibility index (Phi) is 7.96. The zero-order valence-electron chi connectivity index (χ0n) is 23.9. The number of aryl methyl sites for hydroxylation is 1. The molecule has 10 heteroatoms. The molecule has 7 nitrogen and oxygen atoms in total. The third-order valence-corrected chi connectivity index (χ3v) is 7.55. The molecule has 5 rings (SSSR count). The van der Waals surface area contributed by atoms with Gasteiger partial charge in [0, 0.05) is 24.9 Å². The van der Waals surface area contributed by atoms with E-state index in [1.165, 1.54) is 4.90 Å². The Morgan fingerprint density at radius 1 is 1.02 bits per heavy atom. The lowest BCUT2D eigenvalue weighted by Crippen LogP contribution is -2.37. The number of ether oxygens (including phenoxy) is 1. The lowest BCUT2D eigenvalue weighted by atomic mass is 9.83. The molecule has 0 spiro atoms. The molecule has 4 aromatic rings. The number of benzene rings is 2. The average Bonchev–Trinajstić information content (AvgIpc) is 3.46. The topological polar surface area (TPSA) is 92.6 Å². The molecule has 0 saturated heterocycles. The SMILES string of the molecule is Cc1cc(C(=O)N(Cc2ccc(-c3cccc(C(C)(C)C(=O)O)c3)cc2)CC2CC=C(C(F)(F)F)O2)c2ncccc2n1. The molecule has 3 heterocycles. The van der Waals surface area contributed by atoms with E-state index >= 15 is 0 Å². The van der Waals surface area contributed by atoms with Gasteiger partial charge in [0.2, 0.25) is 0 Å². The Hall–Kier alpha value is -4.73. The molecule has 0 radical (unpaired) electrons. The number of pyridine rings is 2. The fourth-order valence-corrected chi connectivity index (χ4v) is 5.04. The van der Waals surface area contributed by atoms with Crippen LogP contribution in [0.5, 0.6) is 0 Å². The average molecular weight is 590 g/mol. The molecule has 0 bridgehead atoms. The molecule has 2 aromatic carbocycles. The van der Waals surface area contributed by atoms with Gasteiger partial charge in [-0.1, -0.05) is 48.5 Å². The molecule has 1 aliphatic heterocycles. The van der Waals surface area contributed by atoms with Crippen molar-refractivity contribution >= 4 is 22.9 Å². The summed E-state index contributed by atoms with van der Waals surface area (Å²) in [6.07, 6.45) is -2.86. The number of hydrogen-bond donors (Lipinski definition) is 1. The van der Waals surface area contributed by atoms with Crippen molar-refractivity contribution in [2.75, 3.05) is 6.54 Å². The number of allylic oxidation sites excluding steroid dienone is 1. The molecule has 1 unspecified atom stereocenters. The van der Waals surface area contributed by atoms with Gasteiger partial charge in [0.25, 0.3) is 5.91 Å². The van der Waals surface area contributed by atoms with E-state index in [0.29, 0.717) is 27.9 Å². The summed E-state index contributed by atoms with van der Waals surface area (Å²) in [5.74, 6) is -2.37. The predicted octanol–water partition coefficient (Wildman–Crippen LogP) is 6.84. The van der Waals surface area contributed by atoms with Crippen LogP contribution in [0.1, 0.15) is 47.4 Å². The quantitative estimate of drug-likeness (QED) is 0.242. The van der Waals surface area contributed by atoms with Gasteiger partial charge >= 0.3 is 12.1 Å². The van der Waals surface area contributed by atoms with Crippen molar-refractivity contribution in [3.8, 4) is 11.1 Å². The van der Waals surface area contributed by atoms with Gasteiger partial charge in [0.15, 0.2) is 5.76 Å². The number of carbonyl (C=O) groups is 2. The summed E-state index contributed by atoms with van der Waals surface area (Å²) in [4.78, 5) is 36.0. The lowest BCUT2D eigenvalue weighted by Gasteiger charge is -2.27. The van der Waals surface area contributed by atoms with E-state index in [4.69, 9.17) is 4.74 Å². The second-order valence-electron chi connectivity index (χ2n) is 11.1. The van der Waals surface area contributed by atoms with Crippen molar-refractivity contribution in [2.24, 2.45) is 0 Å². The van der Waals surface area contributed by atoms with Crippen molar-refractivity contribution in [3.05, 3.63) is 107 Å². The Balaban J connectivity index is 1.43. The largest absolute Gasteiger partial charge is 0.484 e. The standard InChI is InChI=1S/C33H30F3N3O4/c1-20-16-26(29-27(38-20)8-5-15-37-29)30(40)39(19-25-13-14-28(43-25)33(34,35)36)18-21-9-11-22(12-10-21)23-6-4-7-24(17-23)32(2,3)31(41)42/h4-12,14-17,25H,13,18-19H2,1-3H3,(H,41,42). The molecule has 1 atom stereocenters. The second-order valence-corrected chi connectivity index (χ2v) is 11.1. The van der Waals surface area contributed by atoms with Crippen LogP contribution in [0.15, 0.2) is 84.8 Å². The van der Waals surface area contributed by atoms with E-state index in [1.54, 1.807) is 51.2 Å². The van der Waals surface area contributed by atoms with Crippen LogP contribution in [0.25, 0.3) is 22.2 Å². The molecule has 222 valence electrons. The van der Waals surface area contributed by atoms with Gasteiger partial charge in [-0.3, -0.25) is 19.6 Å². The summed E-state index contributed by atoms with van der Waals surface area (Å²) in [5, 5.41) is 9.63. The second kappa shape index (κ2) is 11.5. The van der Waals surface area contributed by atoms with E-state index in [0.717, 1.165) is 22.8 Å². The number of carboxylic acids is 1. The number of carbonyl (C=O) groups excluding carboxylic acids is 1. The molecular weight excluding hydrogens is 559 g/mol. The fraction of sp³-hybridized carbons (Fsp3) is 0.273. The van der Waals surface area contributed by atoms with Crippen LogP contribution in [-0.2, 0) is 21.5 Å². The number of nitrogens with zero attached hydrogens (tertiary/aromatic N) is 3. The Bertz CT molecular complexity index is 1720. The fourth-order valence-electron chi connectivity index (χ4n) is 5.04. The molecule has 0 aliphatic carbocycles. The number of amides is 1. The minimum Gasteiger partial charge on any atom is -0.484 e.